The third kappa shape index (κ3) is 1.11. The Hall–Kier alpha value is -0.0400. The largest absolute Gasteiger partial charge is 0.303 e. The van der Waals surface area contributed by atoms with Crippen molar-refractivity contribution in [2.45, 2.75) is 19.2 Å². The molecule has 3 unspecified atom stereocenters. The third-order valence-corrected chi connectivity index (χ3v) is 2.55. The molecule has 0 amide bonds. The van der Waals surface area contributed by atoms with Gasteiger partial charge in [-0.3, -0.25) is 0 Å². The van der Waals surface area contributed by atoms with Crippen LogP contribution >= 0.6 is 11.6 Å². The highest BCUT2D eigenvalue weighted by Gasteiger charge is 2.50. The summed E-state index contributed by atoms with van der Waals surface area (Å²) in [5.74, 6) is 1.15. The second-order valence-electron chi connectivity index (χ2n) is 2.98. The van der Waals surface area contributed by atoms with Crippen LogP contribution in [0.1, 0.15) is 13.8 Å². The van der Waals surface area contributed by atoms with E-state index < -0.39 is 0 Å². The number of carbonyl (C=O) groups excluding carboxylic acids is 1. The van der Waals surface area contributed by atoms with Crippen LogP contribution in [0.3, 0.4) is 0 Å². The van der Waals surface area contributed by atoms with E-state index >= 15 is 0 Å². The fourth-order valence-electron chi connectivity index (χ4n) is 1.30. The molecule has 2 heteroatoms. The molecule has 0 aromatic rings. The summed E-state index contributed by atoms with van der Waals surface area (Å²) in [6.07, 6.45) is 0.975. The number of hydrogen-bond donors (Lipinski definition) is 0. The maximum atomic E-state index is 10.2. The lowest BCUT2D eigenvalue weighted by atomic mass is 10.1. The Bertz CT molecular complexity index is 122. The van der Waals surface area contributed by atoms with Gasteiger partial charge in [-0.1, -0.05) is 13.8 Å². The first-order valence-corrected chi connectivity index (χ1v) is 3.71. The summed E-state index contributed by atoms with van der Waals surface area (Å²) in [7, 11) is 0. The highest BCUT2D eigenvalue weighted by Crippen LogP contribution is 2.47. The van der Waals surface area contributed by atoms with Crippen molar-refractivity contribution in [3.8, 4) is 0 Å². The zero-order valence-corrected chi connectivity index (χ0v) is 6.43. The van der Waals surface area contributed by atoms with E-state index in [9.17, 15) is 4.79 Å². The van der Waals surface area contributed by atoms with Crippen molar-refractivity contribution in [3.05, 3.63) is 0 Å². The van der Waals surface area contributed by atoms with Crippen LogP contribution in [0.2, 0.25) is 0 Å². The third-order valence-electron chi connectivity index (χ3n) is 1.97. The lowest BCUT2D eigenvalue weighted by Crippen LogP contribution is -1.93. The number of carbonyl (C=O) groups is 1. The summed E-state index contributed by atoms with van der Waals surface area (Å²) in [5.41, 5.74) is 0. The Morgan fingerprint density at radius 2 is 2.11 bits per heavy atom. The van der Waals surface area contributed by atoms with Crippen LogP contribution in [0.15, 0.2) is 0 Å². The van der Waals surface area contributed by atoms with Crippen LogP contribution in [0, 0.1) is 17.8 Å². The average Bonchev–Trinajstić information content (AvgIpc) is 2.40. The Morgan fingerprint density at radius 1 is 1.56 bits per heavy atom. The second-order valence-corrected chi connectivity index (χ2v) is 3.48. The van der Waals surface area contributed by atoms with E-state index in [2.05, 4.69) is 13.8 Å². The van der Waals surface area contributed by atoms with Crippen LogP contribution < -0.4 is 0 Å². The molecule has 1 nitrogen and oxygen atoms in total. The molecule has 0 N–H and O–H groups in total. The van der Waals surface area contributed by atoms with Gasteiger partial charge in [-0.25, -0.2) is 0 Å². The summed E-state index contributed by atoms with van der Waals surface area (Å²) in [6, 6.07) is 0. The van der Waals surface area contributed by atoms with Gasteiger partial charge in [0.25, 0.3) is 0 Å². The zero-order valence-electron chi connectivity index (χ0n) is 5.67. The standard InChI is InChI=1S/C7H11ClO/c1-4(2)6-5(3-9)7(6)8/h3-7H,1-2H3. The second kappa shape index (κ2) is 2.30. The topological polar surface area (TPSA) is 17.1 Å². The van der Waals surface area contributed by atoms with Crippen molar-refractivity contribution >= 4 is 17.9 Å². The van der Waals surface area contributed by atoms with Gasteiger partial charge in [0.15, 0.2) is 0 Å². The molecule has 0 heterocycles. The van der Waals surface area contributed by atoms with Gasteiger partial charge >= 0.3 is 0 Å². The molecule has 1 fully saturated rings. The molecular weight excluding hydrogens is 136 g/mol. The van der Waals surface area contributed by atoms with Crippen molar-refractivity contribution < 1.29 is 4.79 Å². The Kier molecular flexibility index (Phi) is 1.80. The molecule has 0 saturated heterocycles. The quantitative estimate of drug-likeness (QED) is 0.428. The van der Waals surface area contributed by atoms with E-state index in [0.29, 0.717) is 11.8 Å². The minimum Gasteiger partial charge on any atom is -0.303 e. The first kappa shape index (κ1) is 7.07. The lowest BCUT2D eigenvalue weighted by molar-refractivity contribution is -0.109. The lowest BCUT2D eigenvalue weighted by Gasteiger charge is -1.97. The van der Waals surface area contributed by atoms with Crippen molar-refractivity contribution in [2.75, 3.05) is 0 Å². The van der Waals surface area contributed by atoms with E-state index in [1.54, 1.807) is 0 Å². The van der Waals surface area contributed by atoms with Crippen molar-refractivity contribution in [1.82, 2.24) is 0 Å². The maximum absolute atomic E-state index is 10.2. The first-order valence-electron chi connectivity index (χ1n) is 3.28. The van der Waals surface area contributed by atoms with Crippen molar-refractivity contribution in [1.29, 1.82) is 0 Å². The molecule has 0 aromatic carbocycles. The smallest absolute Gasteiger partial charge is 0.124 e. The summed E-state index contributed by atoms with van der Waals surface area (Å²) < 4.78 is 0. The van der Waals surface area contributed by atoms with Crippen LogP contribution in [0.5, 0.6) is 0 Å². The zero-order chi connectivity index (χ0) is 7.02. The predicted molar refractivity (Wildman–Crippen MR) is 37.5 cm³/mol. The summed E-state index contributed by atoms with van der Waals surface area (Å²) >= 11 is 5.78. The van der Waals surface area contributed by atoms with E-state index in [1.807, 2.05) is 0 Å². The Labute approximate surface area is 60.4 Å². The molecule has 0 aromatic heterocycles. The minimum atomic E-state index is 0.127. The van der Waals surface area contributed by atoms with Gasteiger partial charge in [-0.2, -0.15) is 0 Å². The van der Waals surface area contributed by atoms with Crippen LogP contribution in [-0.4, -0.2) is 11.7 Å². The molecule has 3 atom stereocenters. The maximum Gasteiger partial charge on any atom is 0.124 e. The Morgan fingerprint density at radius 3 is 2.22 bits per heavy atom. The van der Waals surface area contributed by atoms with E-state index in [-0.39, 0.29) is 11.3 Å². The SMILES string of the molecule is CC(C)C1C(Cl)C1C=O. The Balaban J connectivity index is 2.41. The van der Waals surface area contributed by atoms with Gasteiger partial charge in [-0.05, 0) is 11.8 Å². The number of halogens is 1. The monoisotopic (exact) mass is 146 g/mol. The summed E-state index contributed by atoms with van der Waals surface area (Å²) in [6.45, 7) is 4.20. The van der Waals surface area contributed by atoms with Gasteiger partial charge in [0, 0.05) is 11.3 Å². The number of hydrogen-bond acceptors (Lipinski definition) is 1. The molecule has 1 saturated carbocycles. The molecule has 9 heavy (non-hydrogen) atoms. The highest BCUT2D eigenvalue weighted by molar-refractivity contribution is 6.24. The summed E-state index contributed by atoms with van der Waals surface area (Å²) in [4.78, 5) is 10.2. The van der Waals surface area contributed by atoms with E-state index in [0.717, 1.165) is 6.29 Å². The van der Waals surface area contributed by atoms with Crippen LogP contribution in [0.4, 0.5) is 0 Å². The number of aldehydes is 1. The molecule has 1 aliphatic rings. The first-order chi connectivity index (χ1) is 4.18. The average molecular weight is 147 g/mol. The minimum absolute atomic E-state index is 0.127. The highest BCUT2D eigenvalue weighted by atomic mass is 35.5. The molecule has 0 spiro atoms. The normalized spacial score (nSPS) is 41.1. The number of rotatable bonds is 2. The van der Waals surface area contributed by atoms with Gasteiger partial charge in [0.2, 0.25) is 0 Å². The molecule has 1 aliphatic carbocycles. The fraction of sp³-hybridized carbons (Fsp3) is 0.857. The van der Waals surface area contributed by atoms with Gasteiger partial charge < -0.3 is 4.79 Å². The van der Waals surface area contributed by atoms with E-state index in [4.69, 9.17) is 11.6 Å². The van der Waals surface area contributed by atoms with Crippen LogP contribution in [0.25, 0.3) is 0 Å². The van der Waals surface area contributed by atoms with Gasteiger partial charge in [0.05, 0.1) is 0 Å². The van der Waals surface area contributed by atoms with Gasteiger partial charge in [-0.15, -0.1) is 11.6 Å². The molecule has 1 rings (SSSR count). The van der Waals surface area contributed by atoms with Gasteiger partial charge in [0.1, 0.15) is 6.29 Å². The molecule has 52 valence electrons. The molecule has 0 bridgehead atoms. The van der Waals surface area contributed by atoms with Crippen molar-refractivity contribution in [2.24, 2.45) is 17.8 Å². The molecule has 0 radical (unpaired) electrons. The molecular formula is C7H11ClO. The van der Waals surface area contributed by atoms with Crippen LogP contribution in [-0.2, 0) is 4.79 Å². The molecule has 0 aliphatic heterocycles. The van der Waals surface area contributed by atoms with Crippen molar-refractivity contribution in [3.63, 3.8) is 0 Å². The predicted octanol–water partition coefficient (Wildman–Crippen LogP) is 1.69. The fourth-order valence-corrected chi connectivity index (χ4v) is 1.90. The van der Waals surface area contributed by atoms with E-state index in [1.165, 1.54) is 0 Å². The number of alkyl halides is 1. The summed E-state index contributed by atoms with van der Waals surface area (Å²) in [5, 5.41) is 0.127.